The molecule has 0 spiro atoms. The molecule has 1 aliphatic heterocycles. The van der Waals surface area contributed by atoms with E-state index in [0.29, 0.717) is 30.4 Å². The van der Waals surface area contributed by atoms with Crippen LogP contribution in [0.1, 0.15) is 5.69 Å². The van der Waals surface area contributed by atoms with Crippen LogP contribution in [0.4, 0.5) is 5.82 Å². The van der Waals surface area contributed by atoms with Crippen molar-refractivity contribution in [2.75, 3.05) is 19.5 Å². The first kappa shape index (κ1) is 13.9. The Morgan fingerprint density at radius 2 is 2.32 bits per heavy atom. The first-order valence-corrected chi connectivity index (χ1v) is 7.27. The van der Waals surface area contributed by atoms with Crippen LogP contribution in [0.15, 0.2) is 16.3 Å². The summed E-state index contributed by atoms with van der Waals surface area (Å²) >= 11 is 0. The molecule has 2 rings (SSSR count). The molecule has 1 aliphatic rings. The van der Waals surface area contributed by atoms with Crippen LogP contribution in [0.25, 0.3) is 0 Å². The summed E-state index contributed by atoms with van der Waals surface area (Å²) in [5.41, 5.74) is 6.23. The molecular formula is C9H14N5O4P. The zero-order chi connectivity index (χ0) is 13.9. The van der Waals surface area contributed by atoms with Crippen molar-refractivity contribution in [3.63, 3.8) is 0 Å². The Labute approximate surface area is 109 Å². The van der Waals surface area contributed by atoms with Crippen molar-refractivity contribution in [3.05, 3.63) is 12.0 Å². The maximum atomic E-state index is 10.6. The van der Waals surface area contributed by atoms with Gasteiger partial charge < -0.3 is 24.8 Å². The minimum atomic E-state index is -4.13. The third-order valence-corrected chi connectivity index (χ3v) is 2.86. The standard InChI is InChI=1S/C9H14N5O4P/c10-8-7-9(12-2-1-11-8)14(5-13-7)3-4-18-6-19(15,16)17/h2,5H,1,3-4,6H2,(H2,10,11)(H2,15,16,17). The predicted octanol–water partition coefficient (Wildman–Crippen LogP) is -0.544. The SMILES string of the molecule is NC1=NCC=Nc2c1ncn2CCOCP(=O)(O)O. The highest BCUT2D eigenvalue weighted by molar-refractivity contribution is 7.51. The number of hydrogen-bond donors (Lipinski definition) is 3. The van der Waals surface area contributed by atoms with Gasteiger partial charge in [-0.05, 0) is 0 Å². The molecule has 0 bridgehead atoms. The molecule has 0 aliphatic carbocycles. The van der Waals surface area contributed by atoms with E-state index < -0.39 is 13.9 Å². The maximum absolute atomic E-state index is 10.6. The van der Waals surface area contributed by atoms with Crippen LogP contribution < -0.4 is 5.73 Å². The lowest BCUT2D eigenvalue weighted by Gasteiger charge is -2.07. The van der Waals surface area contributed by atoms with E-state index in [0.717, 1.165) is 0 Å². The van der Waals surface area contributed by atoms with Crippen LogP contribution in [-0.2, 0) is 15.8 Å². The molecule has 0 aromatic carbocycles. The van der Waals surface area contributed by atoms with Crippen molar-refractivity contribution < 1.29 is 19.1 Å². The normalized spacial score (nSPS) is 14.9. The summed E-state index contributed by atoms with van der Waals surface area (Å²) in [6.45, 7) is 0.907. The smallest absolute Gasteiger partial charge is 0.350 e. The van der Waals surface area contributed by atoms with Crippen LogP contribution >= 0.6 is 7.60 Å². The molecular weight excluding hydrogens is 273 g/mol. The third-order valence-electron chi connectivity index (χ3n) is 2.35. The second kappa shape index (κ2) is 5.62. The molecule has 0 saturated heterocycles. The van der Waals surface area contributed by atoms with E-state index in [-0.39, 0.29) is 6.61 Å². The van der Waals surface area contributed by atoms with Gasteiger partial charge in [-0.1, -0.05) is 0 Å². The van der Waals surface area contributed by atoms with Crippen LogP contribution in [-0.4, -0.2) is 50.9 Å². The minimum absolute atomic E-state index is 0.139. The second-order valence-corrected chi connectivity index (χ2v) is 5.44. The molecule has 1 aromatic heterocycles. The molecule has 0 amide bonds. The number of aromatic nitrogens is 2. The second-order valence-electron chi connectivity index (χ2n) is 3.85. The highest BCUT2D eigenvalue weighted by atomic mass is 31.2. The number of rotatable bonds is 5. The van der Waals surface area contributed by atoms with E-state index in [2.05, 4.69) is 15.0 Å². The number of imidazole rings is 1. The van der Waals surface area contributed by atoms with Gasteiger partial charge >= 0.3 is 7.60 Å². The molecule has 0 saturated carbocycles. The molecule has 0 atom stereocenters. The van der Waals surface area contributed by atoms with Gasteiger partial charge in [-0.25, -0.2) is 9.98 Å². The Kier molecular flexibility index (Phi) is 4.11. The lowest BCUT2D eigenvalue weighted by molar-refractivity contribution is 0.149. The largest absolute Gasteiger partial charge is 0.382 e. The van der Waals surface area contributed by atoms with Crippen molar-refractivity contribution >= 4 is 25.5 Å². The van der Waals surface area contributed by atoms with Crippen molar-refractivity contribution in [1.82, 2.24) is 9.55 Å². The van der Waals surface area contributed by atoms with E-state index in [4.69, 9.17) is 20.3 Å². The highest BCUT2D eigenvalue weighted by Gasteiger charge is 2.16. The van der Waals surface area contributed by atoms with Crippen molar-refractivity contribution in [2.45, 2.75) is 6.54 Å². The zero-order valence-electron chi connectivity index (χ0n) is 10.0. The molecule has 9 nitrogen and oxygen atoms in total. The summed E-state index contributed by atoms with van der Waals surface area (Å²) in [6, 6.07) is 0. The number of nitrogens with zero attached hydrogens (tertiary/aromatic N) is 4. The van der Waals surface area contributed by atoms with Gasteiger partial charge in [-0.15, -0.1) is 0 Å². The molecule has 19 heavy (non-hydrogen) atoms. The first-order valence-electron chi connectivity index (χ1n) is 5.47. The number of fused-ring (bicyclic) bond motifs is 1. The summed E-state index contributed by atoms with van der Waals surface area (Å²) in [5.74, 6) is 0.890. The fourth-order valence-corrected chi connectivity index (χ4v) is 1.91. The van der Waals surface area contributed by atoms with Crippen LogP contribution in [0.5, 0.6) is 0 Å². The van der Waals surface area contributed by atoms with Gasteiger partial charge in [0.25, 0.3) is 0 Å². The number of amidine groups is 1. The Bertz CT molecular complexity index is 561. The number of aliphatic imine (C=N–C) groups is 2. The summed E-state index contributed by atoms with van der Waals surface area (Å²) in [4.78, 5) is 29.6. The number of hydrogen-bond acceptors (Lipinski definition) is 6. The molecule has 0 radical (unpaired) electrons. The topological polar surface area (TPSA) is 135 Å². The molecule has 2 heterocycles. The number of ether oxygens (including phenoxy) is 1. The first-order chi connectivity index (χ1) is 8.97. The minimum Gasteiger partial charge on any atom is -0.382 e. The van der Waals surface area contributed by atoms with Gasteiger partial charge in [0.2, 0.25) is 0 Å². The van der Waals surface area contributed by atoms with Gasteiger partial charge in [-0.3, -0.25) is 9.56 Å². The van der Waals surface area contributed by atoms with Gasteiger partial charge in [0, 0.05) is 12.8 Å². The Morgan fingerprint density at radius 3 is 3.05 bits per heavy atom. The van der Waals surface area contributed by atoms with Gasteiger partial charge in [0.15, 0.2) is 5.82 Å². The van der Waals surface area contributed by atoms with Crippen molar-refractivity contribution in [1.29, 1.82) is 0 Å². The lowest BCUT2D eigenvalue weighted by atomic mass is 10.4. The molecule has 0 unspecified atom stereocenters. The van der Waals surface area contributed by atoms with E-state index in [1.807, 2.05) is 0 Å². The lowest BCUT2D eigenvalue weighted by Crippen LogP contribution is -2.14. The quantitative estimate of drug-likeness (QED) is 0.491. The van der Waals surface area contributed by atoms with Gasteiger partial charge in [0.1, 0.15) is 17.9 Å². The van der Waals surface area contributed by atoms with E-state index in [9.17, 15) is 4.57 Å². The van der Waals surface area contributed by atoms with Gasteiger partial charge in [-0.2, -0.15) is 0 Å². The fourth-order valence-electron chi connectivity index (χ4n) is 1.54. The fraction of sp³-hybridized carbons (Fsp3) is 0.444. The Morgan fingerprint density at radius 1 is 1.53 bits per heavy atom. The van der Waals surface area contributed by atoms with Crippen molar-refractivity contribution in [3.8, 4) is 0 Å². The monoisotopic (exact) mass is 287 g/mol. The molecule has 4 N–H and O–H groups in total. The average Bonchev–Trinajstić information content (AvgIpc) is 2.63. The Balaban J connectivity index is 1.99. The third kappa shape index (κ3) is 3.71. The summed E-state index contributed by atoms with van der Waals surface area (Å²) < 4.78 is 17.2. The highest BCUT2D eigenvalue weighted by Crippen LogP contribution is 2.33. The Hall–Kier alpha value is -1.54. The van der Waals surface area contributed by atoms with Gasteiger partial charge in [0.05, 0.1) is 19.5 Å². The maximum Gasteiger partial charge on any atom is 0.350 e. The number of nitrogens with two attached hydrogens (primary N) is 1. The predicted molar refractivity (Wildman–Crippen MR) is 68.8 cm³/mol. The van der Waals surface area contributed by atoms with E-state index in [1.54, 1.807) is 10.8 Å². The summed E-state index contributed by atoms with van der Waals surface area (Å²) in [7, 11) is -4.13. The van der Waals surface area contributed by atoms with Crippen LogP contribution in [0, 0.1) is 0 Å². The molecule has 0 fully saturated rings. The summed E-state index contributed by atoms with van der Waals surface area (Å²) in [6.07, 6.45) is 2.56. The van der Waals surface area contributed by atoms with Crippen LogP contribution in [0.2, 0.25) is 0 Å². The van der Waals surface area contributed by atoms with Crippen molar-refractivity contribution in [2.24, 2.45) is 15.7 Å². The molecule has 1 aromatic rings. The average molecular weight is 287 g/mol. The summed E-state index contributed by atoms with van der Waals surface area (Å²) in [5, 5.41) is 0. The van der Waals surface area contributed by atoms with Crippen LogP contribution in [0.3, 0.4) is 0 Å². The molecule has 104 valence electrons. The zero-order valence-corrected chi connectivity index (χ0v) is 10.9. The van der Waals surface area contributed by atoms with E-state index in [1.165, 1.54) is 6.33 Å². The van der Waals surface area contributed by atoms with E-state index >= 15 is 0 Å². The molecule has 10 heteroatoms.